The lowest BCUT2D eigenvalue weighted by atomic mass is 9.48. The second-order valence-corrected chi connectivity index (χ2v) is 6.78. The number of benzene rings is 1. The summed E-state index contributed by atoms with van der Waals surface area (Å²) in [4.78, 5) is 12.7. The molecular formula is C17H24N2O2. The Labute approximate surface area is 126 Å². The fourth-order valence-electron chi connectivity index (χ4n) is 3.90. The van der Waals surface area contributed by atoms with E-state index in [2.05, 4.69) is 12.2 Å². The third-order valence-electron chi connectivity index (χ3n) is 5.45. The molecule has 2 aliphatic rings. The van der Waals surface area contributed by atoms with Crippen molar-refractivity contribution in [3.05, 3.63) is 29.8 Å². The summed E-state index contributed by atoms with van der Waals surface area (Å²) in [6.07, 6.45) is 1.96. The summed E-state index contributed by atoms with van der Waals surface area (Å²) in [5.41, 5.74) is 7.40. The van der Waals surface area contributed by atoms with Crippen molar-refractivity contribution in [1.29, 1.82) is 0 Å². The van der Waals surface area contributed by atoms with Gasteiger partial charge in [-0.2, -0.15) is 0 Å². The number of rotatable bonds is 3. The van der Waals surface area contributed by atoms with E-state index in [0.29, 0.717) is 6.61 Å². The van der Waals surface area contributed by atoms with Crippen molar-refractivity contribution in [2.24, 2.45) is 17.1 Å². The summed E-state index contributed by atoms with van der Waals surface area (Å²) in [5.74, 6) is 0.0333. The zero-order valence-electron chi connectivity index (χ0n) is 13.0. The number of nitrogens with two attached hydrogens (primary N) is 1. The van der Waals surface area contributed by atoms with Crippen LogP contribution in [-0.2, 0) is 16.0 Å². The molecule has 0 aromatic heterocycles. The van der Waals surface area contributed by atoms with Gasteiger partial charge in [-0.15, -0.1) is 0 Å². The van der Waals surface area contributed by atoms with E-state index in [9.17, 15) is 4.79 Å². The molecule has 1 amide bonds. The molecule has 1 aromatic rings. The van der Waals surface area contributed by atoms with Gasteiger partial charge < -0.3 is 15.8 Å². The Kier molecular flexibility index (Phi) is 3.34. The second-order valence-electron chi connectivity index (χ2n) is 6.78. The third-order valence-corrected chi connectivity index (χ3v) is 5.45. The summed E-state index contributed by atoms with van der Waals surface area (Å²) in [7, 11) is 0. The number of anilines is 1. The average molecular weight is 288 g/mol. The largest absolute Gasteiger partial charge is 0.377 e. The Morgan fingerprint density at radius 2 is 2.05 bits per heavy atom. The Morgan fingerprint density at radius 3 is 2.67 bits per heavy atom. The van der Waals surface area contributed by atoms with Gasteiger partial charge in [0.1, 0.15) is 5.54 Å². The highest BCUT2D eigenvalue weighted by atomic mass is 16.5. The molecular weight excluding hydrogens is 264 g/mol. The fraction of sp³-hybridized carbons (Fsp3) is 0.588. The number of ether oxygens (including phenoxy) is 1. The van der Waals surface area contributed by atoms with Gasteiger partial charge in [0.15, 0.2) is 0 Å². The predicted octanol–water partition coefficient (Wildman–Crippen LogP) is 2.33. The summed E-state index contributed by atoms with van der Waals surface area (Å²) in [5, 5.41) is 2.98. The standard InChI is InChI=1S/C17H24N2O2/c1-4-11-5-7-12(8-6-11)19-15(20)17(18)13-9-10-21-14(13)16(17,2)3/h5-8,13-14H,4,9-10,18H2,1-3H3,(H,19,20). The monoisotopic (exact) mass is 288 g/mol. The van der Waals surface area contributed by atoms with Crippen LogP contribution in [0.3, 0.4) is 0 Å². The highest BCUT2D eigenvalue weighted by molar-refractivity contribution is 6.00. The Hall–Kier alpha value is -1.39. The zero-order chi connectivity index (χ0) is 15.3. The van der Waals surface area contributed by atoms with Crippen LogP contribution in [-0.4, -0.2) is 24.2 Å². The molecule has 1 aromatic carbocycles. The lowest BCUT2D eigenvalue weighted by Crippen LogP contribution is -2.79. The predicted molar refractivity (Wildman–Crippen MR) is 83.0 cm³/mol. The molecule has 2 fully saturated rings. The van der Waals surface area contributed by atoms with Gasteiger partial charge in [-0.3, -0.25) is 4.79 Å². The Morgan fingerprint density at radius 1 is 1.38 bits per heavy atom. The molecule has 3 atom stereocenters. The van der Waals surface area contributed by atoms with E-state index in [1.165, 1.54) is 5.56 Å². The number of fused-ring (bicyclic) bond motifs is 1. The molecule has 0 radical (unpaired) electrons. The van der Waals surface area contributed by atoms with E-state index in [4.69, 9.17) is 10.5 Å². The Balaban J connectivity index is 1.78. The average Bonchev–Trinajstić information content (AvgIpc) is 2.95. The summed E-state index contributed by atoms with van der Waals surface area (Å²) in [6, 6.07) is 7.95. The minimum Gasteiger partial charge on any atom is -0.377 e. The lowest BCUT2D eigenvalue weighted by Gasteiger charge is -2.60. The first-order valence-corrected chi connectivity index (χ1v) is 7.72. The molecule has 1 saturated carbocycles. The van der Waals surface area contributed by atoms with Gasteiger partial charge in [-0.1, -0.05) is 32.9 Å². The molecule has 0 spiro atoms. The maximum absolute atomic E-state index is 12.7. The van der Waals surface area contributed by atoms with Gasteiger partial charge in [-0.25, -0.2) is 0 Å². The van der Waals surface area contributed by atoms with Gasteiger partial charge >= 0.3 is 0 Å². The number of amides is 1. The van der Waals surface area contributed by atoms with Gasteiger partial charge in [0.05, 0.1) is 6.10 Å². The van der Waals surface area contributed by atoms with Crippen LogP contribution in [0.1, 0.15) is 32.8 Å². The zero-order valence-corrected chi connectivity index (χ0v) is 13.0. The van der Waals surface area contributed by atoms with Crippen LogP contribution in [0.25, 0.3) is 0 Å². The molecule has 1 aliphatic carbocycles. The molecule has 3 N–H and O–H groups in total. The molecule has 3 unspecified atom stereocenters. The van der Waals surface area contributed by atoms with Gasteiger partial charge in [0, 0.05) is 23.6 Å². The number of carbonyl (C=O) groups excluding carboxylic acids is 1. The lowest BCUT2D eigenvalue weighted by molar-refractivity contribution is -0.170. The molecule has 1 aliphatic heterocycles. The van der Waals surface area contributed by atoms with Crippen LogP contribution >= 0.6 is 0 Å². The smallest absolute Gasteiger partial charge is 0.245 e. The number of carbonyl (C=O) groups is 1. The summed E-state index contributed by atoms with van der Waals surface area (Å²) >= 11 is 0. The number of hydrogen-bond acceptors (Lipinski definition) is 3. The number of nitrogens with one attached hydrogen (secondary N) is 1. The summed E-state index contributed by atoms with van der Waals surface area (Å²) < 4.78 is 5.73. The van der Waals surface area contributed by atoms with Crippen LogP contribution < -0.4 is 11.1 Å². The maximum Gasteiger partial charge on any atom is 0.245 e. The third kappa shape index (κ3) is 1.93. The molecule has 1 heterocycles. The van der Waals surface area contributed by atoms with Crippen molar-refractivity contribution in [2.75, 3.05) is 11.9 Å². The maximum atomic E-state index is 12.7. The molecule has 4 nitrogen and oxygen atoms in total. The van der Waals surface area contributed by atoms with E-state index in [1.807, 2.05) is 38.1 Å². The van der Waals surface area contributed by atoms with Crippen LogP contribution in [0.15, 0.2) is 24.3 Å². The van der Waals surface area contributed by atoms with Crippen LogP contribution in [0, 0.1) is 11.3 Å². The van der Waals surface area contributed by atoms with Gasteiger partial charge in [-0.05, 0) is 30.5 Å². The number of hydrogen-bond donors (Lipinski definition) is 2. The molecule has 21 heavy (non-hydrogen) atoms. The fourth-order valence-corrected chi connectivity index (χ4v) is 3.90. The van der Waals surface area contributed by atoms with E-state index in [1.54, 1.807) is 0 Å². The molecule has 114 valence electrons. The highest BCUT2D eigenvalue weighted by Crippen LogP contribution is 2.58. The van der Waals surface area contributed by atoms with Crippen molar-refractivity contribution in [2.45, 2.75) is 45.3 Å². The molecule has 3 rings (SSSR count). The molecule has 1 saturated heterocycles. The van der Waals surface area contributed by atoms with Crippen LogP contribution in [0.4, 0.5) is 5.69 Å². The van der Waals surface area contributed by atoms with Gasteiger partial charge in [0.25, 0.3) is 0 Å². The Bertz CT molecular complexity index is 552. The quantitative estimate of drug-likeness (QED) is 0.897. The highest BCUT2D eigenvalue weighted by Gasteiger charge is 2.71. The molecule has 0 bridgehead atoms. The normalized spacial score (nSPS) is 33.1. The molecule has 4 heteroatoms. The SMILES string of the molecule is CCc1ccc(NC(=O)C2(N)C3CCOC3C2(C)C)cc1. The van der Waals surface area contributed by atoms with Crippen molar-refractivity contribution >= 4 is 11.6 Å². The van der Waals surface area contributed by atoms with Crippen molar-refractivity contribution in [3.63, 3.8) is 0 Å². The van der Waals surface area contributed by atoms with E-state index in [-0.39, 0.29) is 23.3 Å². The van der Waals surface area contributed by atoms with Crippen LogP contribution in [0.5, 0.6) is 0 Å². The second kappa shape index (κ2) is 4.82. The minimum absolute atomic E-state index is 0.0940. The van der Waals surface area contributed by atoms with Crippen molar-refractivity contribution in [3.8, 4) is 0 Å². The first kappa shape index (κ1) is 14.5. The van der Waals surface area contributed by atoms with Crippen LogP contribution in [0.2, 0.25) is 0 Å². The first-order valence-electron chi connectivity index (χ1n) is 7.72. The van der Waals surface area contributed by atoms with E-state index >= 15 is 0 Å². The summed E-state index contributed by atoms with van der Waals surface area (Å²) in [6.45, 7) is 6.87. The van der Waals surface area contributed by atoms with E-state index in [0.717, 1.165) is 18.5 Å². The van der Waals surface area contributed by atoms with Crippen molar-refractivity contribution in [1.82, 2.24) is 0 Å². The minimum atomic E-state index is -0.850. The van der Waals surface area contributed by atoms with E-state index < -0.39 is 5.54 Å². The number of aryl methyl sites for hydroxylation is 1. The first-order chi connectivity index (χ1) is 9.91. The van der Waals surface area contributed by atoms with Gasteiger partial charge in [0.2, 0.25) is 5.91 Å². The van der Waals surface area contributed by atoms with Crippen molar-refractivity contribution < 1.29 is 9.53 Å². The topological polar surface area (TPSA) is 64.4 Å².